The van der Waals surface area contributed by atoms with E-state index in [0.717, 1.165) is 12.8 Å². The zero-order chi connectivity index (χ0) is 10.7. The second kappa shape index (κ2) is 4.14. The van der Waals surface area contributed by atoms with E-state index in [1.54, 1.807) is 0 Å². The van der Waals surface area contributed by atoms with Crippen molar-refractivity contribution in [2.45, 2.75) is 25.8 Å². The average molecular weight is 195 g/mol. The number of piperidine rings is 1. The highest BCUT2D eigenvalue weighted by Crippen LogP contribution is 2.23. The minimum absolute atomic E-state index is 0.0291. The van der Waals surface area contributed by atoms with Crippen LogP contribution in [0.5, 0.6) is 0 Å². The van der Waals surface area contributed by atoms with Gasteiger partial charge >= 0.3 is 5.97 Å². The number of terminal acetylenes is 1. The summed E-state index contributed by atoms with van der Waals surface area (Å²) in [6.07, 6.45) is 6.62. The van der Waals surface area contributed by atoms with E-state index in [1.807, 2.05) is 12.8 Å². The predicted octanol–water partition coefficient (Wildman–Crippen LogP) is 0.331. The van der Waals surface area contributed by atoms with Crippen LogP contribution in [0.15, 0.2) is 0 Å². The summed E-state index contributed by atoms with van der Waals surface area (Å²) in [6, 6.07) is -0.757. The molecule has 4 nitrogen and oxygen atoms in total. The van der Waals surface area contributed by atoms with Gasteiger partial charge in [0.2, 0.25) is 0 Å². The summed E-state index contributed by atoms with van der Waals surface area (Å²) in [6.45, 7) is 2.28. The molecule has 0 aliphatic carbocycles. The van der Waals surface area contributed by atoms with Crippen molar-refractivity contribution in [1.29, 1.82) is 0 Å². The summed E-state index contributed by atoms with van der Waals surface area (Å²) < 4.78 is 0. The number of carboxylic acid groups (broad SMARTS) is 1. The summed E-state index contributed by atoms with van der Waals surface area (Å²) in [4.78, 5) is 23.5. The molecule has 1 saturated heterocycles. The molecular weight excluding hydrogens is 182 g/mol. The Morgan fingerprint density at radius 2 is 2.21 bits per heavy atom. The molecule has 1 fully saturated rings. The topological polar surface area (TPSA) is 57.6 Å². The number of aliphatic carboxylic acids is 1. The fourth-order valence-corrected chi connectivity index (χ4v) is 1.88. The minimum atomic E-state index is -0.971. The first-order valence-corrected chi connectivity index (χ1v) is 4.58. The Kier molecular flexibility index (Phi) is 3.13. The van der Waals surface area contributed by atoms with Gasteiger partial charge in [0.25, 0.3) is 5.91 Å². The van der Waals surface area contributed by atoms with Gasteiger partial charge in [0, 0.05) is 6.54 Å². The SMILES string of the molecule is C#CC(=O)N1CCCC(C)C1C(=O)O. The van der Waals surface area contributed by atoms with Crippen molar-refractivity contribution in [3.63, 3.8) is 0 Å². The van der Waals surface area contributed by atoms with E-state index in [-0.39, 0.29) is 5.92 Å². The normalized spacial score (nSPS) is 26.7. The van der Waals surface area contributed by atoms with Crippen LogP contribution in [0.3, 0.4) is 0 Å². The average Bonchev–Trinajstić information content (AvgIpc) is 2.15. The lowest BCUT2D eigenvalue weighted by molar-refractivity contribution is -0.152. The van der Waals surface area contributed by atoms with Crippen LogP contribution in [-0.4, -0.2) is 34.5 Å². The van der Waals surface area contributed by atoms with Crippen LogP contribution < -0.4 is 0 Å². The molecule has 0 radical (unpaired) electrons. The molecule has 0 spiro atoms. The van der Waals surface area contributed by atoms with Crippen LogP contribution in [0.1, 0.15) is 19.8 Å². The van der Waals surface area contributed by atoms with Gasteiger partial charge in [-0.2, -0.15) is 0 Å². The predicted molar refractivity (Wildman–Crippen MR) is 50.4 cm³/mol. The van der Waals surface area contributed by atoms with Gasteiger partial charge in [-0.1, -0.05) is 6.92 Å². The molecule has 1 N–H and O–H groups in total. The van der Waals surface area contributed by atoms with Gasteiger partial charge < -0.3 is 10.0 Å². The quantitative estimate of drug-likeness (QED) is 0.613. The van der Waals surface area contributed by atoms with Crippen molar-refractivity contribution in [3.05, 3.63) is 0 Å². The zero-order valence-electron chi connectivity index (χ0n) is 8.06. The molecule has 0 aromatic rings. The largest absolute Gasteiger partial charge is 0.480 e. The van der Waals surface area contributed by atoms with E-state index >= 15 is 0 Å². The van der Waals surface area contributed by atoms with Crippen molar-refractivity contribution in [2.75, 3.05) is 6.54 Å². The molecule has 2 unspecified atom stereocenters. The monoisotopic (exact) mass is 195 g/mol. The molecule has 4 heteroatoms. The molecule has 1 aliphatic heterocycles. The van der Waals surface area contributed by atoms with Crippen LogP contribution in [0.2, 0.25) is 0 Å². The summed E-state index contributed by atoms with van der Waals surface area (Å²) in [5.41, 5.74) is 0. The fourth-order valence-electron chi connectivity index (χ4n) is 1.88. The maximum atomic E-state index is 11.3. The molecule has 1 rings (SSSR count). The first-order valence-electron chi connectivity index (χ1n) is 4.58. The highest BCUT2D eigenvalue weighted by molar-refractivity contribution is 5.95. The number of carbonyl (C=O) groups excluding carboxylic acids is 1. The first-order chi connectivity index (χ1) is 6.57. The van der Waals surface area contributed by atoms with Gasteiger partial charge in [-0.15, -0.1) is 6.42 Å². The number of amides is 1. The third kappa shape index (κ3) is 1.87. The number of rotatable bonds is 1. The number of nitrogens with zero attached hydrogens (tertiary/aromatic N) is 1. The lowest BCUT2D eigenvalue weighted by Crippen LogP contribution is -2.51. The number of hydrogen-bond donors (Lipinski definition) is 1. The zero-order valence-corrected chi connectivity index (χ0v) is 8.06. The van der Waals surface area contributed by atoms with Crippen LogP contribution in [0.25, 0.3) is 0 Å². The number of carbonyl (C=O) groups is 2. The number of carboxylic acids is 1. The molecule has 0 bridgehead atoms. The minimum Gasteiger partial charge on any atom is -0.480 e. The highest BCUT2D eigenvalue weighted by Gasteiger charge is 2.36. The van der Waals surface area contributed by atoms with Gasteiger partial charge in [-0.05, 0) is 24.7 Å². The molecular formula is C10H13NO3. The summed E-state index contributed by atoms with van der Waals surface area (Å²) in [5.74, 6) is 0.439. The van der Waals surface area contributed by atoms with Crippen molar-refractivity contribution >= 4 is 11.9 Å². The van der Waals surface area contributed by atoms with E-state index in [1.165, 1.54) is 4.90 Å². The van der Waals surface area contributed by atoms with Crippen molar-refractivity contribution < 1.29 is 14.7 Å². The third-order valence-corrected chi connectivity index (χ3v) is 2.57. The Morgan fingerprint density at radius 1 is 1.57 bits per heavy atom. The summed E-state index contributed by atoms with van der Waals surface area (Å²) in [7, 11) is 0. The number of hydrogen-bond acceptors (Lipinski definition) is 2. The van der Waals surface area contributed by atoms with E-state index in [9.17, 15) is 9.59 Å². The Hall–Kier alpha value is -1.50. The van der Waals surface area contributed by atoms with E-state index in [0.29, 0.717) is 6.54 Å². The van der Waals surface area contributed by atoms with Crippen LogP contribution in [0.4, 0.5) is 0 Å². The maximum absolute atomic E-state index is 11.3. The Bertz CT molecular complexity index is 292. The standard InChI is InChI=1S/C10H13NO3/c1-3-8(12)11-6-4-5-7(2)9(11)10(13)14/h1,7,9H,4-6H2,2H3,(H,13,14). The summed E-state index contributed by atoms with van der Waals surface area (Å²) in [5, 5.41) is 8.96. The van der Waals surface area contributed by atoms with Crippen LogP contribution in [0, 0.1) is 18.3 Å². The third-order valence-electron chi connectivity index (χ3n) is 2.57. The van der Waals surface area contributed by atoms with Gasteiger partial charge in [-0.3, -0.25) is 4.79 Å². The molecule has 0 saturated carbocycles. The lowest BCUT2D eigenvalue weighted by Gasteiger charge is -2.35. The van der Waals surface area contributed by atoms with Gasteiger partial charge in [0.15, 0.2) is 0 Å². The smallest absolute Gasteiger partial charge is 0.326 e. The second-order valence-electron chi connectivity index (χ2n) is 3.55. The van der Waals surface area contributed by atoms with E-state index < -0.39 is 17.9 Å². The Labute approximate surface area is 82.9 Å². The molecule has 1 amide bonds. The van der Waals surface area contributed by atoms with Gasteiger partial charge in [0.05, 0.1) is 0 Å². The van der Waals surface area contributed by atoms with Gasteiger partial charge in [-0.25, -0.2) is 4.79 Å². The Balaban J connectivity index is 2.86. The molecule has 2 atom stereocenters. The molecule has 0 aromatic carbocycles. The maximum Gasteiger partial charge on any atom is 0.326 e. The first kappa shape index (κ1) is 10.6. The highest BCUT2D eigenvalue weighted by atomic mass is 16.4. The molecule has 1 aliphatic rings. The number of likely N-dealkylation sites (tertiary alicyclic amines) is 1. The van der Waals surface area contributed by atoms with Crippen LogP contribution in [-0.2, 0) is 9.59 Å². The van der Waals surface area contributed by atoms with Gasteiger partial charge in [0.1, 0.15) is 6.04 Å². The molecule has 76 valence electrons. The van der Waals surface area contributed by atoms with Crippen LogP contribution >= 0.6 is 0 Å². The second-order valence-corrected chi connectivity index (χ2v) is 3.55. The molecule has 0 aromatic heterocycles. The van der Waals surface area contributed by atoms with Crippen molar-refractivity contribution in [1.82, 2.24) is 4.90 Å². The molecule has 14 heavy (non-hydrogen) atoms. The van der Waals surface area contributed by atoms with E-state index in [4.69, 9.17) is 11.5 Å². The fraction of sp³-hybridized carbons (Fsp3) is 0.600. The van der Waals surface area contributed by atoms with Crippen molar-refractivity contribution in [3.8, 4) is 12.3 Å². The van der Waals surface area contributed by atoms with E-state index in [2.05, 4.69) is 0 Å². The molecule has 1 heterocycles. The lowest BCUT2D eigenvalue weighted by atomic mass is 9.91. The Morgan fingerprint density at radius 3 is 2.71 bits per heavy atom. The van der Waals surface area contributed by atoms with Crippen molar-refractivity contribution in [2.24, 2.45) is 5.92 Å². The summed E-state index contributed by atoms with van der Waals surface area (Å²) >= 11 is 0.